The zero-order chi connectivity index (χ0) is 21.4. The van der Waals surface area contributed by atoms with Crippen LogP contribution in [-0.2, 0) is 16.0 Å². The molecule has 2 aliphatic rings. The summed E-state index contributed by atoms with van der Waals surface area (Å²) in [5.74, 6) is 7.08. The molecule has 8 heteroatoms. The van der Waals surface area contributed by atoms with Gasteiger partial charge >= 0.3 is 0 Å². The van der Waals surface area contributed by atoms with Crippen molar-refractivity contribution < 1.29 is 9.47 Å². The lowest BCUT2D eigenvalue weighted by Gasteiger charge is -2.44. The first-order valence-corrected chi connectivity index (χ1v) is 10.4. The van der Waals surface area contributed by atoms with Crippen molar-refractivity contribution in [3.8, 4) is 23.4 Å². The molecule has 0 radical (unpaired) electrons. The van der Waals surface area contributed by atoms with Crippen LogP contribution in [0.1, 0.15) is 38.8 Å². The molecule has 0 amide bonds. The maximum atomic E-state index is 5.82. The minimum absolute atomic E-state index is 0.0286. The van der Waals surface area contributed by atoms with Crippen LogP contribution in [0.5, 0.6) is 0 Å². The molecule has 0 saturated carbocycles. The Bertz CT molecular complexity index is 953. The van der Waals surface area contributed by atoms with Crippen LogP contribution in [0.15, 0.2) is 12.3 Å². The first kappa shape index (κ1) is 20.9. The molecule has 2 saturated heterocycles. The molecule has 0 aromatic carbocycles. The highest BCUT2D eigenvalue weighted by Gasteiger charge is 2.33. The molecule has 2 aliphatic heterocycles. The number of hydrogen-bond donors (Lipinski definition) is 0. The lowest BCUT2D eigenvalue weighted by molar-refractivity contribution is -0.227. The van der Waals surface area contributed by atoms with Crippen molar-refractivity contribution in [1.82, 2.24) is 30.1 Å². The molecule has 2 aromatic rings. The van der Waals surface area contributed by atoms with Gasteiger partial charge in [0.1, 0.15) is 5.69 Å². The zero-order valence-electron chi connectivity index (χ0n) is 18.5. The highest BCUT2D eigenvalue weighted by Crippen LogP contribution is 2.28. The Kier molecular flexibility index (Phi) is 5.62. The Morgan fingerprint density at radius 1 is 1.13 bits per heavy atom. The van der Waals surface area contributed by atoms with E-state index in [1.54, 1.807) is 10.9 Å². The van der Waals surface area contributed by atoms with Gasteiger partial charge in [-0.05, 0) is 34.4 Å². The highest BCUT2D eigenvalue weighted by atomic mass is 16.7. The Morgan fingerprint density at radius 3 is 2.53 bits per heavy atom. The van der Waals surface area contributed by atoms with Crippen molar-refractivity contribution in [3.63, 3.8) is 0 Å². The Hall–Kier alpha value is -2.34. The van der Waals surface area contributed by atoms with Gasteiger partial charge in [-0.2, -0.15) is 0 Å². The van der Waals surface area contributed by atoms with Crippen LogP contribution in [0.3, 0.4) is 0 Å². The number of likely N-dealkylation sites (tertiary alicyclic amines) is 1. The Balaban J connectivity index is 1.41. The molecule has 0 atom stereocenters. The number of rotatable bonds is 4. The molecule has 2 aromatic heterocycles. The fourth-order valence-corrected chi connectivity index (χ4v) is 3.88. The second kappa shape index (κ2) is 8.06. The number of pyridine rings is 1. The third-order valence-electron chi connectivity index (χ3n) is 5.30. The van der Waals surface area contributed by atoms with Gasteiger partial charge in [-0.3, -0.25) is 9.88 Å². The van der Waals surface area contributed by atoms with Crippen molar-refractivity contribution in [2.45, 2.75) is 47.5 Å². The quantitative estimate of drug-likeness (QED) is 0.715. The van der Waals surface area contributed by atoms with Crippen molar-refractivity contribution in [1.29, 1.82) is 0 Å². The molecule has 0 aliphatic carbocycles. The zero-order valence-corrected chi connectivity index (χ0v) is 18.5. The van der Waals surface area contributed by atoms with Crippen LogP contribution in [0.2, 0.25) is 0 Å². The SMILES string of the molecule is Cc1cc(C#CCN2CC(C)(C)C2)cnc1-c1nnnn1CC1OCC(C)(C)CO1. The van der Waals surface area contributed by atoms with E-state index in [1.165, 1.54) is 0 Å². The van der Waals surface area contributed by atoms with E-state index in [1.807, 2.05) is 13.0 Å². The number of nitrogens with zero attached hydrogens (tertiary/aromatic N) is 6. The van der Waals surface area contributed by atoms with E-state index < -0.39 is 0 Å². The molecule has 0 N–H and O–H groups in total. The number of hydrogen-bond acceptors (Lipinski definition) is 7. The van der Waals surface area contributed by atoms with Crippen LogP contribution in [0, 0.1) is 29.6 Å². The summed E-state index contributed by atoms with van der Waals surface area (Å²) in [6.45, 7) is 15.5. The van der Waals surface area contributed by atoms with Crippen LogP contribution >= 0.6 is 0 Å². The van der Waals surface area contributed by atoms with Gasteiger partial charge in [-0.1, -0.05) is 39.5 Å². The fourth-order valence-electron chi connectivity index (χ4n) is 3.88. The highest BCUT2D eigenvalue weighted by molar-refractivity contribution is 5.56. The summed E-state index contributed by atoms with van der Waals surface area (Å²) in [5, 5.41) is 12.1. The third kappa shape index (κ3) is 4.86. The van der Waals surface area contributed by atoms with E-state index in [-0.39, 0.29) is 11.7 Å². The summed E-state index contributed by atoms with van der Waals surface area (Å²) in [6.07, 6.45) is 1.42. The standard InChI is InChI=1S/C22H30N6O2/c1-16-9-17(7-6-8-27-12-21(2,3)13-27)10-23-19(16)20-24-25-26-28(20)11-18-29-14-22(4,5)15-30-18/h9-10,18H,8,11-15H2,1-5H3. The topological polar surface area (TPSA) is 78.2 Å². The maximum absolute atomic E-state index is 5.82. The Morgan fingerprint density at radius 2 is 1.87 bits per heavy atom. The van der Waals surface area contributed by atoms with E-state index in [2.05, 4.69) is 64.9 Å². The second-order valence-electron chi connectivity index (χ2n) is 9.90. The summed E-state index contributed by atoms with van der Waals surface area (Å²) in [4.78, 5) is 6.94. The number of ether oxygens (including phenoxy) is 2. The van der Waals surface area contributed by atoms with Gasteiger partial charge in [-0.15, -0.1) is 5.10 Å². The van der Waals surface area contributed by atoms with Gasteiger partial charge in [0, 0.05) is 30.3 Å². The van der Waals surface area contributed by atoms with Gasteiger partial charge < -0.3 is 9.47 Å². The van der Waals surface area contributed by atoms with Gasteiger partial charge in [0.25, 0.3) is 0 Å². The molecule has 2 fully saturated rings. The largest absolute Gasteiger partial charge is 0.350 e. The van der Waals surface area contributed by atoms with E-state index in [0.717, 1.165) is 36.5 Å². The lowest BCUT2D eigenvalue weighted by Crippen LogP contribution is -2.52. The Labute approximate surface area is 178 Å². The van der Waals surface area contributed by atoms with Gasteiger partial charge in [0.2, 0.25) is 5.82 Å². The van der Waals surface area contributed by atoms with E-state index >= 15 is 0 Å². The number of aromatic nitrogens is 5. The van der Waals surface area contributed by atoms with Crippen molar-refractivity contribution in [3.05, 3.63) is 23.4 Å². The summed E-state index contributed by atoms with van der Waals surface area (Å²) < 4.78 is 13.3. The molecule has 30 heavy (non-hydrogen) atoms. The maximum Gasteiger partial charge on any atom is 0.201 e. The average Bonchev–Trinajstić information content (AvgIpc) is 3.10. The van der Waals surface area contributed by atoms with E-state index in [4.69, 9.17) is 9.47 Å². The molecule has 160 valence electrons. The van der Waals surface area contributed by atoms with Crippen molar-refractivity contribution in [2.75, 3.05) is 32.8 Å². The summed E-state index contributed by atoms with van der Waals surface area (Å²) >= 11 is 0. The average molecular weight is 411 g/mol. The third-order valence-corrected chi connectivity index (χ3v) is 5.30. The number of tetrazole rings is 1. The fraction of sp³-hybridized carbons (Fsp3) is 0.636. The number of aryl methyl sites for hydroxylation is 1. The molecule has 0 spiro atoms. The van der Waals surface area contributed by atoms with Gasteiger partial charge in [0.05, 0.1) is 26.3 Å². The summed E-state index contributed by atoms with van der Waals surface area (Å²) in [6, 6.07) is 2.03. The van der Waals surface area contributed by atoms with Crippen LogP contribution in [0.25, 0.3) is 11.5 Å². The monoisotopic (exact) mass is 410 g/mol. The predicted molar refractivity (Wildman–Crippen MR) is 112 cm³/mol. The summed E-state index contributed by atoms with van der Waals surface area (Å²) in [5.41, 5.74) is 3.08. The van der Waals surface area contributed by atoms with Crippen LogP contribution < -0.4 is 0 Å². The minimum atomic E-state index is -0.364. The molecular weight excluding hydrogens is 380 g/mol. The molecule has 8 nitrogen and oxygen atoms in total. The molecular formula is C22H30N6O2. The molecule has 0 bridgehead atoms. The minimum Gasteiger partial charge on any atom is -0.350 e. The molecule has 0 unspecified atom stereocenters. The smallest absolute Gasteiger partial charge is 0.201 e. The normalized spacial score (nSPS) is 21.0. The van der Waals surface area contributed by atoms with Crippen LogP contribution in [-0.4, -0.2) is 69.2 Å². The summed E-state index contributed by atoms with van der Waals surface area (Å²) in [7, 11) is 0. The van der Waals surface area contributed by atoms with E-state index in [9.17, 15) is 0 Å². The van der Waals surface area contributed by atoms with Crippen molar-refractivity contribution in [2.24, 2.45) is 10.8 Å². The predicted octanol–water partition coefficient (Wildman–Crippen LogP) is 2.14. The van der Waals surface area contributed by atoms with Gasteiger partial charge in [-0.25, -0.2) is 4.68 Å². The second-order valence-corrected chi connectivity index (χ2v) is 9.90. The first-order chi connectivity index (χ1) is 14.2. The lowest BCUT2D eigenvalue weighted by atomic mass is 9.84. The van der Waals surface area contributed by atoms with Crippen molar-refractivity contribution >= 4 is 0 Å². The molecule has 4 rings (SSSR count). The van der Waals surface area contributed by atoms with Crippen LogP contribution in [0.4, 0.5) is 0 Å². The first-order valence-electron chi connectivity index (χ1n) is 10.4. The van der Waals surface area contributed by atoms with Gasteiger partial charge in [0.15, 0.2) is 6.29 Å². The molecule has 4 heterocycles. The van der Waals surface area contributed by atoms with E-state index in [0.29, 0.717) is 31.0 Å².